The van der Waals surface area contributed by atoms with Crippen molar-refractivity contribution in [3.63, 3.8) is 0 Å². The molecule has 17 heavy (non-hydrogen) atoms. The van der Waals surface area contributed by atoms with Gasteiger partial charge in [0.25, 0.3) is 0 Å². The van der Waals surface area contributed by atoms with E-state index in [4.69, 9.17) is 0 Å². The maximum Gasteiger partial charge on any atom is 0.421 e. The van der Waals surface area contributed by atoms with Gasteiger partial charge in [-0.2, -0.15) is 12.7 Å². The Morgan fingerprint density at radius 2 is 2.06 bits per heavy atom. The van der Waals surface area contributed by atoms with Crippen molar-refractivity contribution in [3.8, 4) is 0 Å². The molecule has 1 aliphatic rings. The highest BCUT2D eigenvalue weighted by Gasteiger charge is 2.31. The van der Waals surface area contributed by atoms with Gasteiger partial charge >= 0.3 is 16.3 Å². The van der Waals surface area contributed by atoms with Crippen molar-refractivity contribution in [2.45, 2.75) is 25.8 Å². The van der Waals surface area contributed by atoms with Crippen molar-refractivity contribution in [1.29, 1.82) is 0 Å². The molecule has 8 heteroatoms. The third-order valence-electron chi connectivity index (χ3n) is 2.73. The van der Waals surface area contributed by atoms with E-state index >= 15 is 0 Å². The summed E-state index contributed by atoms with van der Waals surface area (Å²) in [7, 11) is -2.67. The van der Waals surface area contributed by atoms with Crippen LogP contribution in [0.5, 0.6) is 0 Å². The third-order valence-corrected chi connectivity index (χ3v) is 4.33. The standard InChI is InChI=1S/C9H19N3O4S/c1-3-12(8-4-6-10-7-5-8)17(14,15)11-9(13)16-2/h8,10H,3-7H2,1-2H3,(H,11,13). The van der Waals surface area contributed by atoms with Crippen LogP contribution >= 0.6 is 0 Å². The lowest BCUT2D eigenvalue weighted by atomic mass is 10.1. The smallest absolute Gasteiger partial charge is 0.421 e. The molecule has 0 saturated carbocycles. The second-order valence-corrected chi connectivity index (χ2v) is 5.41. The molecule has 1 saturated heterocycles. The average Bonchev–Trinajstić information content (AvgIpc) is 2.30. The summed E-state index contributed by atoms with van der Waals surface area (Å²) in [6.07, 6.45) is 0.531. The van der Waals surface area contributed by atoms with Crippen molar-refractivity contribution in [3.05, 3.63) is 0 Å². The first-order valence-electron chi connectivity index (χ1n) is 5.59. The number of hydrogen-bond donors (Lipinski definition) is 2. The number of piperidine rings is 1. The molecule has 1 fully saturated rings. The molecular formula is C9H19N3O4S. The summed E-state index contributed by atoms with van der Waals surface area (Å²) in [6.45, 7) is 3.65. The van der Waals surface area contributed by atoms with Crippen molar-refractivity contribution in [1.82, 2.24) is 14.3 Å². The van der Waals surface area contributed by atoms with Gasteiger partial charge in [-0.1, -0.05) is 6.92 Å². The second-order valence-electron chi connectivity index (χ2n) is 3.78. The molecule has 0 aromatic carbocycles. The Kier molecular flexibility index (Phi) is 5.16. The summed E-state index contributed by atoms with van der Waals surface area (Å²) < 4.78 is 31.3. The summed E-state index contributed by atoms with van der Waals surface area (Å²) in [5.74, 6) is 0. The molecular weight excluding hydrogens is 246 g/mol. The molecule has 1 rings (SSSR count). The quantitative estimate of drug-likeness (QED) is 0.726. The van der Waals surface area contributed by atoms with Gasteiger partial charge in [-0.25, -0.2) is 9.52 Å². The fourth-order valence-electron chi connectivity index (χ4n) is 1.92. The Morgan fingerprint density at radius 1 is 1.47 bits per heavy atom. The molecule has 1 aliphatic heterocycles. The Hall–Kier alpha value is -0.860. The Morgan fingerprint density at radius 3 is 2.53 bits per heavy atom. The van der Waals surface area contributed by atoms with E-state index in [9.17, 15) is 13.2 Å². The zero-order chi connectivity index (χ0) is 12.9. The molecule has 0 aromatic rings. The predicted octanol–water partition coefficient (Wildman–Crippen LogP) is -0.339. The van der Waals surface area contributed by atoms with Crippen molar-refractivity contribution >= 4 is 16.3 Å². The van der Waals surface area contributed by atoms with Crippen LogP contribution in [0.25, 0.3) is 0 Å². The van der Waals surface area contributed by atoms with E-state index in [0.29, 0.717) is 6.54 Å². The van der Waals surface area contributed by atoms with Crippen LogP contribution in [0.4, 0.5) is 4.79 Å². The summed E-state index contributed by atoms with van der Waals surface area (Å²) in [5, 5.41) is 3.16. The minimum Gasteiger partial charge on any atom is -0.452 e. The largest absolute Gasteiger partial charge is 0.452 e. The fourth-order valence-corrected chi connectivity index (χ4v) is 3.28. The molecule has 0 atom stereocenters. The number of ether oxygens (including phenoxy) is 1. The third kappa shape index (κ3) is 3.83. The zero-order valence-electron chi connectivity index (χ0n) is 10.1. The monoisotopic (exact) mass is 265 g/mol. The minimum absolute atomic E-state index is 0.0663. The first-order valence-corrected chi connectivity index (χ1v) is 7.03. The summed E-state index contributed by atoms with van der Waals surface area (Å²) >= 11 is 0. The summed E-state index contributed by atoms with van der Waals surface area (Å²) in [4.78, 5) is 11.0. The van der Waals surface area contributed by atoms with Gasteiger partial charge < -0.3 is 10.1 Å². The van der Waals surface area contributed by atoms with Gasteiger partial charge in [0.1, 0.15) is 0 Å². The van der Waals surface area contributed by atoms with Crippen LogP contribution in [0.15, 0.2) is 0 Å². The van der Waals surface area contributed by atoms with Crippen LogP contribution in [0.2, 0.25) is 0 Å². The molecule has 0 unspecified atom stereocenters. The van der Waals surface area contributed by atoms with Gasteiger partial charge in [0.2, 0.25) is 0 Å². The van der Waals surface area contributed by atoms with Crippen LogP contribution < -0.4 is 10.0 Å². The van der Waals surface area contributed by atoms with Gasteiger partial charge in [-0.05, 0) is 25.9 Å². The highest BCUT2D eigenvalue weighted by Crippen LogP contribution is 2.14. The van der Waals surface area contributed by atoms with Crippen LogP contribution in [0.3, 0.4) is 0 Å². The Balaban J connectivity index is 2.73. The molecule has 1 amide bonds. The second kappa shape index (κ2) is 6.18. The molecule has 0 bridgehead atoms. The van der Waals surface area contributed by atoms with E-state index in [2.05, 4.69) is 10.1 Å². The molecule has 0 radical (unpaired) electrons. The van der Waals surface area contributed by atoms with Crippen LogP contribution in [-0.4, -0.2) is 51.6 Å². The van der Waals surface area contributed by atoms with Crippen LogP contribution in [0, 0.1) is 0 Å². The zero-order valence-corrected chi connectivity index (χ0v) is 10.9. The lowest BCUT2D eigenvalue weighted by Gasteiger charge is -2.32. The van der Waals surface area contributed by atoms with E-state index in [-0.39, 0.29) is 6.04 Å². The number of hydrogen-bond acceptors (Lipinski definition) is 5. The molecule has 1 heterocycles. The summed E-state index contributed by atoms with van der Waals surface area (Å²) in [5.41, 5.74) is 0. The van der Waals surface area contributed by atoms with E-state index in [0.717, 1.165) is 33.0 Å². The van der Waals surface area contributed by atoms with Gasteiger partial charge in [-0.15, -0.1) is 0 Å². The normalized spacial score (nSPS) is 18.1. The maximum absolute atomic E-state index is 11.9. The van der Waals surface area contributed by atoms with Crippen molar-refractivity contribution in [2.24, 2.45) is 0 Å². The van der Waals surface area contributed by atoms with Gasteiger partial charge in [0.15, 0.2) is 0 Å². The SMILES string of the molecule is CCN(C1CCNCC1)S(=O)(=O)NC(=O)OC. The van der Waals surface area contributed by atoms with E-state index in [1.165, 1.54) is 4.31 Å². The molecule has 0 aliphatic carbocycles. The molecule has 0 spiro atoms. The van der Waals surface area contributed by atoms with Crippen molar-refractivity contribution in [2.75, 3.05) is 26.7 Å². The van der Waals surface area contributed by atoms with Gasteiger partial charge in [0, 0.05) is 12.6 Å². The predicted molar refractivity (Wildman–Crippen MR) is 62.7 cm³/mol. The summed E-state index contributed by atoms with van der Waals surface area (Å²) in [6, 6.07) is -0.0663. The molecule has 2 N–H and O–H groups in total. The highest BCUT2D eigenvalue weighted by molar-refractivity contribution is 7.87. The topological polar surface area (TPSA) is 87.7 Å². The van der Waals surface area contributed by atoms with Gasteiger partial charge in [-0.3, -0.25) is 0 Å². The maximum atomic E-state index is 11.9. The Bertz CT molecular complexity index is 351. The number of amides is 1. The fraction of sp³-hybridized carbons (Fsp3) is 0.889. The van der Waals surface area contributed by atoms with Crippen LogP contribution in [0.1, 0.15) is 19.8 Å². The number of rotatable bonds is 4. The molecule has 7 nitrogen and oxygen atoms in total. The Labute approximate surface area is 102 Å². The number of nitrogens with zero attached hydrogens (tertiary/aromatic N) is 1. The average molecular weight is 265 g/mol. The lowest BCUT2D eigenvalue weighted by molar-refractivity contribution is 0.176. The van der Waals surface area contributed by atoms with Crippen LogP contribution in [-0.2, 0) is 14.9 Å². The number of carbonyl (C=O) groups excluding carboxylic acids is 1. The molecule has 100 valence electrons. The number of nitrogens with one attached hydrogen (secondary N) is 2. The first-order chi connectivity index (χ1) is 8.01. The molecule has 0 aromatic heterocycles. The number of methoxy groups -OCH3 is 1. The first kappa shape index (κ1) is 14.2. The van der Waals surface area contributed by atoms with Crippen molar-refractivity contribution < 1.29 is 17.9 Å². The minimum atomic E-state index is -3.80. The highest BCUT2D eigenvalue weighted by atomic mass is 32.2. The van der Waals surface area contributed by atoms with E-state index < -0.39 is 16.3 Å². The van der Waals surface area contributed by atoms with Gasteiger partial charge in [0.05, 0.1) is 7.11 Å². The lowest BCUT2D eigenvalue weighted by Crippen LogP contribution is -2.51. The van der Waals surface area contributed by atoms with E-state index in [1.807, 2.05) is 4.72 Å². The van der Waals surface area contributed by atoms with E-state index in [1.54, 1.807) is 6.92 Å². The number of carbonyl (C=O) groups is 1.